The molecular weight excluding hydrogens is 384 g/mol. The van der Waals surface area contributed by atoms with E-state index in [0.717, 1.165) is 10.5 Å². The number of rotatable bonds is 5. The number of nitrogens with zero attached hydrogens (tertiary/aromatic N) is 1. The van der Waals surface area contributed by atoms with Crippen LogP contribution in [0.15, 0.2) is 53.2 Å². The van der Waals surface area contributed by atoms with Crippen LogP contribution in [0.1, 0.15) is 15.9 Å². The second-order valence-corrected chi connectivity index (χ2v) is 6.38. The molecule has 0 spiro atoms. The summed E-state index contributed by atoms with van der Waals surface area (Å²) in [6.07, 6.45) is 0. The van der Waals surface area contributed by atoms with Gasteiger partial charge in [0.05, 0.1) is 31.2 Å². The molecule has 1 heterocycles. The van der Waals surface area contributed by atoms with E-state index in [-0.39, 0.29) is 16.4 Å². The number of halogens is 1. The summed E-state index contributed by atoms with van der Waals surface area (Å²) >= 11 is 6.15. The van der Waals surface area contributed by atoms with Crippen LogP contribution in [-0.4, -0.2) is 32.0 Å². The van der Waals surface area contributed by atoms with E-state index in [1.165, 1.54) is 38.5 Å². The second kappa shape index (κ2) is 7.74. The number of imide groups is 1. The van der Waals surface area contributed by atoms with E-state index in [1.54, 1.807) is 12.1 Å². The van der Waals surface area contributed by atoms with Crippen molar-refractivity contribution in [3.63, 3.8) is 0 Å². The number of nitrogens with one attached hydrogen (secondary N) is 1. The summed E-state index contributed by atoms with van der Waals surface area (Å²) in [5.41, 5.74) is 1.99. The molecule has 0 aliphatic carbocycles. The summed E-state index contributed by atoms with van der Waals surface area (Å²) < 4.78 is 9.92. The lowest BCUT2D eigenvalue weighted by Crippen LogP contribution is -2.32. The third kappa shape index (κ3) is 3.44. The first-order valence-corrected chi connectivity index (χ1v) is 8.63. The highest BCUT2D eigenvalue weighted by Gasteiger charge is 2.39. The minimum Gasteiger partial charge on any atom is -0.495 e. The monoisotopic (exact) mass is 400 g/mol. The predicted molar refractivity (Wildman–Crippen MR) is 105 cm³/mol. The number of hydrogen-bond acceptors (Lipinski definition) is 6. The van der Waals surface area contributed by atoms with Gasteiger partial charge in [0, 0.05) is 0 Å². The Bertz CT molecular complexity index is 998. The standard InChI is InChI=1S/C20H17ClN2O5/c1-11-4-9-15(27-2)14(10-11)22-17-16(21)18(24)23(19(17)25)13-7-5-12(6-8-13)20(26)28-3/h4-10,22H,1-3H3. The molecule has 2 aromatic rings. The molecule has 1 aliphatic heterocycles. The Morgan fingerprint density at radius 3 is 2.32 bits per heavy atom. The number of methoxy groups -OCH3 is 2. The van der Waals surface area contributed by atoms with Gasteiger partial charge < -0.3 is 14.8 Å². The van der Waals surface area contributed by atoms with Gasteiger partial charge in [-0.05, 0) is 48.9 Å². The minimum atomic E-state index is -0.661. The SMILES string of the molecule is COC(=O)c1ccc(N2C(=O)C(Cl)=C(Nc3cc(C)ccc3OC)C2=O)cc1. The molecule has 0 bridgehead atoms. The van der Waals surface area contributed by atoms with Crippen molar-refractivity contribution in [1.29, 1.82) is 0 Å². The van der Waals surface area contributed by atoms with Gasteiger partial charge in [-0.3, -0.25) is 9.59 Å². The summed E-state index contributed by atoms with van der Waals surface area (Å²) in [5.74, 6) is -1.28. The number of aryl methyl sites for hydroxylation is 1. The van der Waals surface area contributed by atoms with E-state index in [1.807, 2.05) is 13.0 Å². The number of carbonyl (C=O) groups excluding carboxylic acids is 3. The molecule has 2 aromatic carbocycles. The maximum atomic E-state index is 12.9. The van der Waals surface area contributed by atoms with Gasteiger partial charge in [-0.15, -0.1) is 0 Å². The zero-order valence-electron chi connectivity index (χ0n) is 15.4. The Morgan fingerprint density at radius 1 is 1.04 bits per heavy atom. The lowest BCUT2D eigenvalue weighted by atomic mass is 10.2. The van der Waals surface area contributed by atoms with E-state index < -0.39 is 17.8 Å². The van der Waals surface area contributed by atoms with Crippen molar-refractivity contribution in [1.82, 2.24) is 0 Å². The van der Waals surface area contributed by atoms with Crippen LogP contribution >= 0.6 is 11.6 Å². The fourth-order valence-electron chi connectivity index (χ4n) is 2.76. The molecule has 28 heavy (non-hydrogen) atoms. The third-order valence-electron chi connectivity index (χ3n) is 4.19. The lowest BCUT2D eigenvalue weighted by Gasteiger charge is -2.16. The third-order valence-corrected chi connectivity index (χ3v) is 4.54. The van der Waals surface area contributed by atoms with E-state index >= 15 is 0 Å². The molecule has 1 N–H and O–H groups in total. The zero-order valence-corrected chi connectivity index (χ0v) is 16.2. The van der Waals surface area contributed by atoms with Crippen molar-refractivity contribution in [2.24, 2.45) is 0 Å². The van der Waals surface area contributed by atoms with Gasteiger partial charge in [-0.25, -0.2) is 9.69 Å². The highest BCUT2D eigenvalue weighted by Crippen LogP contribution is 2.33. The zero-order chi connectivity index (χ0) is 20.4. The number of esters is 1. The van der Waals surface area contributed by atoms with Crippen molar-refractivity contribution in [3.8, 4) is 5.75 Å². The molecule has 0 atom stereocenters. The largest absolute Gasteiger partial charge is 0.495 e. The first-order chi connectivity index (χ1) is 13.4. The van der Waals surface area contributed by atoms with Crippen molar-refractivity contribution in [2.45, 2.75) is 6.92 Å². The Morgan fingerprint density at radius 2 is 1.71 bits per heavy atom. The van der Waals surface area contributed by atoms with Crippen molar-refractivity contribution < 1.29 is 23.9 Å². The average molecular weight is 401 g/mol. The molecule has 7 nitrogen and oxygen atoms in total. The molecular formula is C20H17ClN2O5. The fraction of sp³-hybridized carbons (Fsp3) is 0.150. The summed E-state index contributed by atoms with van der Waals surface area (Å²) in [7, 11) is 2.77. The topological polar surface area (TPSA) is 84.9 Å². The van der Waals surface area contributed by atoms with Crippen LogP contribution in [0.5, 0.6) is 5.75 Å². The number of anilines is 2. The quantitative estimate of drug-likeness (QED) is 0.612. The smallest absolute Gasteiger partial charge is 0.337 e. The Balaban J connectivity index is 1.90. The minimum absolute atomic E-state index is 0.0485. The highest BCUT2D eigenvalue weighted by molar-refractivity contribution is 6.53. The van der Waals surface area contributed by atoms with Gasteiger partial charge in [0.1, 0.15) is 16.5 Å². The molecule has 0 unspecified atom stereocenters. The highest BCUT2D eigenvalue weighted by atomic mass is 35.5. The first-order valence-electron chi connectivity index (χ1n) is 8.26. The Kier molecular flexibility index (Phi) is 5.37. The van der Waals surface area contributed by atoms with Gasteiger partial charge in [0.2, 0.25) is 0 Å². The normalized spacial score (nSPS) is 13.8. The maximum Gasteiger partial charge on any atom is 0.337 e. The summed E-state index contributed by atoms with van der Waals surface area (Å²) in [5, 5.41) is 2.68. The molecule has 3 rings (SSSR count). The second-order valence-electron chi connectivity index (χ2n) is 6.00. The van der Waals surface area contributed by atoms with Crippen LogP contribution in [-0.2, 0) is 14.3 Å². The first kappa shape index (κ1) is 19.4. The molecule has 2 amide bonds. The van der Waals surface area contributed by atoms with Crippen LogP contribution in [0.4, 0.5) is 11.4 Å². The summed E-state index contributed by atoms with van der Waals surface area (Å²) in [6, 6.07) is 11.3. The van der Waals surface area contributed by atoms with Gasteiger partial charge in [0.25, 0.3) is 11.8 Å². The van der Waals surface area contributed by atoms with Gasteiger partial charge in [-0.1, -0.05) is 17.7 Å². The number of carbonyl (C=O) groups is 3. The van der Waals surface area contributed by atoms with E-state index in [0.29, 0.717) is 17.0 Å². The Hall–Kier alpha value is -3.32. The van der Waals surface area contributed by atoms with Gasteiger partial charge in [-0.2, -0.15) is 0 Å². The maximum absolute atomic E-state index is 12.9. The Labute approximate surface area is 166 Å². The van der Waals surface area contributed by atoms with Crippen LogP contribution < -0.4 is 15.0 Å². The molecule has 0 radical (unpaired) electrons. The summed E-state index contributed by atoms with van der Waals surface area (Å²) in [6.45, 7) is 1.89. The molecule has 0 fully saturated rings. The molecule has 0 saturated heterocycles. The number of amides is 2. The van der Waals surface area contributed by atoms with Crippen LogP contribution in [0.25, 0.3) is 0 Å². The van der Waals surface area contributed by atoms with Crippen molar-refractivity contribution in [2.75, 3.05) is 24.4 Å². The van der Waals surface area contributed by atoms with E-state index in [2.05, 4.69) is 10.1 Å². The molecule has 0 saturated carbocycles. The fourth-order valence-corrected chi connectivity index (χ4v) is 2.98. The number of hydrogen-bond donors (Lipinski definition) is 1. The summed E-state index contributed by atoms with van der Waals surface area (Å²) in [4.78, 5) is 37.9. The number of benzene rings is 2. The van der Waals surface area contributed by atoms with Gasteiger partial charge in [0.15, 0.2) is 0 Å². The molecule has 8 heteroatoms. The predicted octanol–water partition coefficient (Wildman–Crippen LogP) is 3.23. The number of ether oxygens (including phenoxy) is 2. The molecule has 0 aromatic heterocycles. The van der Waals surface area contributed by atoms with E-state index in [4.69, 9.17) is 16.3 Å². The molecule has 144 valence electrons. The van der Waals surface area contributed by atoms with Crippen LogP contribution in [0, 0.1) is 6.92 Å². The average Bonchev–Trinajstić information content (AvgIpc) is 2.91. The van der Waals surface area contributed by atoms with Crippen molar-refractivity contribution >= 4 is 40.8 Å². The van der Waals surface area contributed by atoms with Gasteiger partial charge >= 0.3 is 5.97 Å². The van der Waals surface area contributed by atoms with Crippen molar-refractivity contribution in [3.05, 3.63) is 64.3 Å². The van der Waals surface area contributed by atoms with Crippen LogP contribution in [0.2, 0.25) is 0 Å². The molecule has 1 aliphatic rings. The lowest BCUT2D eigenvalue weighted by molar-refractivity contribution is -0.120. The van der Waals surface area contributed by atoms with E-state index in [9.17, 15) is 14.4 Å². The van der Waals surface area contributed by atoms with Crippen LogP contribution in [0.3, 0.4) is 0 Å².